The Balaban J connectivity index is 0.00000140. The van der Waals surface area contributed by atoms with E-state index in [-0.39, 0.29) is 44.8 Å². The number of hydrogen-bond donors (Lipinski definition) is 4. The molecule has 1 aromatic carbocycles. The number of carbonyl (C=O) groups is 1. The van der Waals surface area contributed by atoms with Gasteiger partial charge < -0.3 is 20.5 Å². The largest absolute Gasteiger partial charge is 0.477 e. The zero-order chi connectivity index (χ0) is 18.1. The van der Waals surface area contributed by atoms with Gasteiger partial charge in [0, 0.05) is 11.6 Å². The first kappa shape index (κ1) is 22.1. The molecule has 0 aliphatic heterocycles. The summed E-state index contributed by atoms with van der Waals surface area (Å²) in [5.41, 5.74) is 1.44. The van der Waals surface area contributed by atoms with Gasteiger partial charge >= 0.3 is 5.97 Å². The monoisotopic (exact) mass is 420 g/mol. The van der Waals surface area contributed by atoms with E-state index in [1.165, 1.54) is 0 Å². The van der Waals surface area contributed by atoms with E-state index in [4.69, 9.17) is 0 Å². The number of H-pyrrole nitrogens is 1. The quantitative estimate of drug-likeness (QED) is 0.516. The molecule has 0 saturated heterocycles. The number of anilines is 1. The maximum Gasteiger partial charge on any atom is 0.352 e. The van der Waals surface area contributed by atoms with Crippen LogP contribution in [-0.2, 0) is 0 Å². The summed E-state index contributed by atoms with van der Waals surface area (Å²) in [6.45, 7) is 0. The molecule has 0 amide bonds. The summed E-state index contributed by atoms with van der Waals surface area (Å²) in [7, 11) is 0. The first-order valence-corrected chi connectivity index (χ1v) is 8.74. The first-order valence-electron chi connectivity index (χ1n) is 8.74. The van der Waals surface area contributed by atoms with E-state index < -0.39 is 5.97 Å². The van der Waals surface area contributed by atoms with Crippen LogP contribution in [0.1, 0.15) is 36.2 Å². The van der Waals surface area contributed by atoms with Crippen LogP contribution < -0.4 is 5.32 Å². The Morgan fingerprint density at radius 3 is 2.39 bits per heavy atom. The van der Waals surface area contributed by atoms with Crippen molar-refractivity contribution < 1.29 is 15.0 Å². The highest BCUT2D eigenvalue weighted by molar-refractivity contribution is 7.59. The smallest absolute Gasteiger partial charge is 0.352 e. The molecule has 1 saturated carbocycles. The van der Waals surface area contributed by atoms with Crippen molar-refractivity contribution in [2.24, 2.45) is 0 Å². The number of aromatic carboxylic acids is 1. The van der Waals surface area contributed by atoms with Crippen molar-refractivity contribution in [3.8, 4) is 11.4 Å². The van der Waals surface area contributed by atoms with E-state index in [2.05, 4.69) is 20.3 Å². The summed E-state index contributed by atoms with van der Waals surface area (Å²) in [4.78, 5) is 23.4. The summed E-state index contributed by atoms with van der Waals surface area (Å²) in [6.07, 6.45) is 2.98. The fraction of sp³-hybridized carbons (Fsp3) is 0.316. The molecule has 0 radical (unpaired) electrons. The summed E-state index contributed by atoms with van der Waals surface area (Å²) >= 11 is 0. The van der Waals surface area contributed by atoms with Crippen LogP contribution in [0.2, 0.25) is 0 Å². The van der Waals surface area contributed by atoms with E-state index in [1.807, 2.05) is 30.3 Å². The van der Waals surface area contributed by atoms with Gasteiger partial charge in [0.25, 0.3) is 0 Å². The highest BCUT2D eigenvalue weighted by atomic mass is 32.1. The van der Waals surface area contributed by atoms with Gasteiger partial charge in [-0.2, -0.15) is 27.0 Å². The molecule has 1 fully saturated rings. The fourth-order valence-corrected chi connectivity index (χ4v) is 3.36. The van der Waals surface area contributed by atoms with Gasteiger partial charge in [0.05, 0.1) is 11.5 Å². The molecule has 4 rings (SSSR count). The number of aliphatic hydroxyl groups is 1. The van der Waals surface area contributed by atoms with Crippen molar-refractivity contribution in [3.05, 3.63) is 42.1 Å². The number of aromatic nitrogens is 3. The van der Waals surface area contributed by atoms with E-state index in [0.717, 1.165) is 31.2 Å². The number of carboxylic acid groups (broad SMARTS) is 1. The van der Waals surface area contributed by atoms with Gasteiger partial charge in [-0.05, 0) is 31.7 Å². The molecule has 3 aromatic rings. The molecule has 0 unspecified atom stereocenters. The lowest BCUT2D eigenvalue weighted by Gasteiger charge is -2.26. The average molecular weight is 421 g/mol. The molecule has 2 aromatic heterocycles. The number of benzene rings is 1. The van der Waals surface area contributed by atoms with Crippen LogP contribution in [0.3, 0.4) is 0 Å². The number of nitrogens with zero attached hydrogens (tertiary/aromatic N) is 2. The van der Waals surface area contributed by atoms with Gasteiger partial charge in [-0.1, -0.05) is 30.3 Å². The first-order chi connectivity index (χ1) is 12.6. The van der Waals surface area contributed by atoms with E-state index in [9.17, 15) is 15.0 Å². The zero-order valence-corrected chi connectivity index (χ0v) is 17.1. The summed E-state index contributed by atoms with van der Waals surface area (Å²) < 4.78 is 0. The molecule has 0 spiro atoms. The number of carboxylic acids is 1. The SMILES string of the molecule is O=C(O)c1cc2c(NC3CCC(O)CC3)nc(-c3ccccc3)nc2[nH]1.S.S. The molecule has 0 bridgehead atoms. The van der Waals surface area contributed by atoms with Crippen molar-refractivity contribution in [1.82, 2.24) is 15.0 Å². The van der Waals surface area contributed by atoms with Gasteiger partial charge in [0.2, 0.25) is 0 Å². The second-order valence-corrected chi connectivity index (χ2v) is 6.66. The number of hydrogen-bond acceptors (Lipinski definition) is 5. The summed E-state index contributed by atoms with van der Waals surface area (Å²) in [5.74, 6) is 0.130. The lowest BCUT2D eigenvalue weighted by molar-refractivity contribution is 0.0691. The Labute approximate surface area is 176 Å². The topological polar surface area (TPSA) is 111 Å². The van der Waals surface area contributed by atoms with E-state index in [0.29, 0.717) is 22.7 Å². The minimum absolute atomic E-state index is 0. The number of fused-ring (bicyclic) bond motifs is 1. The highest BCUT2D eigenvalue weighted by Crippen LogP contribution is 2.28. The molecule has 1 aliphatic rings. The molecular weight excluding hydrogens is 396 g/mol. The lowest BCUT2D eigenvalue weighted by atomic mass is 9.93. The predicted molar refractivity (Wildman–Crippen MR) is 119 cm³/mol. The van der Waals surface area contributed by atoms with Crippen LogP contribution in [0, 0.1) is 0 Å². The fourth-order valence-electron chi connectivity index (χ4n) is 3.36. The van der Waals surface area contributed by atoms with Gasteiger partial charge in [0.1, 0.15) is 17.2 Å². The molecule has 0 atom stereocenters. The summed E-state index contributed by atoms with van der Waals surface area (Å²) in [6, 6.07) is 11.3. The maximum absolute atomic E-state index is 11.3. The maximum atomic E-state index is 11.3. The van der Waals surface area contributed by atoms with Crippen molar-refractivity contribution in [2.75, 3.05) is 5.32 Å². The van der Waals surface area contributed by atoms with Crippen LogP contribution in [-0.4, -0.2) is 43.3 Å². The molecular formula is C19H24N4O3S2. The molecule has 4 N–H and O–H groups in total. The number of rotatable bonds is 4. The van der Waals surface area contributed by atoms with Gasteiger partial charge in [0.15, 0.2) is 5.82 Å². The highest BCUT2D eigenvalue weighted by Gasteiger charge is 2.22. The third-order valence-corrected chi connectivity index (χ3v) is 4.79. The van der Waals surface area contributed by atoms with Crippen molar-refractivity contribution in [1.29, 1.82) is 0 Å². The molecule has 1 aliphatic carbocycles. The zero-order valence-electron chi connectivity index (χ0n) is 15.1. The number of aromatic amines is 1. The third kappa shape index (κ3) is 4.60. The minimum atomic E-state index is -1.03. The lowest BCUT2D eigenvalue weighted by Crippen LogP contribution is -2.28. The van der Waals surface area contributed by atoms with Crippen molar-refractivity contribution >= 4 is 49.8 Å². The van der Waals surface area contributed by atoms with Crippen LogP contribution in [0.15, 0.2) is 36.4 Å². The van der Waals surface area contributed by atoms with Gasteiger partial charge in [-0.15, -0.1) is 0 Å². The molecule has 2 heterocycles. The Morgan fingerprint density at radius 1 is 1.07 bits per heavy atom. The average Bonchev–Trinajstić information content (AvgIpc) is 3.09. The Hall–Kier alpha value is -2.23. The Morgan fingerprint density at radius 2 is 1.75 bits per heavy atom. The van der Waals surface area contributed by atoms with Crippen molar-refractivity contribution in [3.63, 3.8) is 0 Å². The number of nitrogens with one attached hydrogen (secondary N) is 2. The van der Waals surface area contributed by atoms with Crippen LogP contribution in [0.25, 0.3) is 22.4 Å². The number of aliphatic hydroxyl groups excluding tert-OH is 1. The predicted octanol–water partition coefficient (Wildman–Crippen LogP) is 3.26. The van der Waals surface area contributed by atoms with Gasteiger partial charge in [-0.3, -0.25) is 0 Å². The van der Waals surface area contributed by atoms with E-state index >= 15 is 0 Å². The van der Waals surface area contributed by atoms with Gasteiger partial charge in [-0.25, -0.2) is 14.8 Å². The third-order valence-electron chi connectivity index (χ3n) is 4.79. The van der Waals surface area contributed by atoms with Crippen molar-refractivity contribution in [2.45, 2.75) is 37.8 Å². The van der Waals surface area contributed by atoms with E-state index in [1.54, 1.807) is 6.07 Å². The molecule has 7 nitrogen and oxygen atoms in total. The van der Waals surface area contributed by atoms with Crippen LogP contribution >= 0.6 is 27.0 Å². The molecule has 150 valence electrons. The molecule has 28 heavy (non-hydrogen) atoms. The minimum Gasteiger partial charge on any atom is -0.477 e. The second kappa shape index (κ2) is 9.31. The molecule has 9 heteroatoms. The van der Waals surface area contributed by atoms with Crippen LogP contribution in [0.5, 0.6) is 0 Å². The normalized spacial score (nSPS) is 18.8. The standard InChI is InChI=1S/C19H20N4O3.2H2S/c24-13-8-6-12(7-9-13)20-17-14-10-15(19(25)26)21-18(14)23-16(22-17)11-4-2-1-3-5-11;;/h1-5,10,12-13,24H,6-9H2,(H,25,26)(H2,20,21,22,23);2*1H2. The van der Waals surface area contributed by atoms with Crippen LogP contribution in [0.4, 0.5) is 5.82 Å². The second-order valence-electron chi connectivity index (χ2n) is 6.66. The summed E-state index contributed by atoms with van der Waals surface area (Å²) in [5, 5.41) is 23.1. The Kier molecular flexibility index (Phi) is 7.34. The Bertz CT molecular complexity index is 941.